The minimum absolute atomic E-state index is 0.0708. The number of rotatable bonds is 2. The van der Waals surface area contributed by atoms with Gasteiger partial charge in [0, 0.05) is 17.3 Å². The van der Waals surface area contributed by atoms with Gasteiger partial charge < -0.3 is 19.5 Å². The van der Waals surface area contributed by atoms with Crippen molar-refractivity contribution in [2.75, 3.05) is 23.4 Å². The van der Waals surface area contributed by atoms with Gasteiger partial charge in [0.25, 0.3) is 10.0 Å². The molecule has 0 saturated heterocycles. The molecule has 6 rings (SSSR count). The monoisotopic (exact) mass is 516 g/mol. The smallest absolute Gasteiger partial charge is 0.264 e. The summed E-state index contributed by atoms with van der Waals surface area (Å²) in [5, 5.41) is 3.30. The van der Waals surface area contributed by atoms with Crippen LogP contribution >= 0.6 is 0 Å². The summed E-state index contributed by atoms with van der Waals surface area (Å²) in [6.07, 6.45) is -0.484. The second kappa shape index (κ2) is 8.97. The molecule has 2 aliphatic rings. The third-order valence-electron chi connectivity index (χ3n) is 6.33. The predicted octanol–water partition coefficient (Wildman–Crippen LogP) is 4.84. The quantitative estimate of drug-likeness (QED) is 0.390. The number of nitrogens with zero attached hydrogens (tertiary/aromatic N) is 2. The van der Waals surface area contributed by atoms with Crippen molar-refractivity contribution >= 4 is 21.7 Å². The predicted molar refractivity (Wildman–Crippen MR) is 139 cm³/mol. The van der Waals surface area contributed by atoms with Crippen LogP contribution in [0.15, 0.2) is 71.6 Å². The zero-order chi connectivity index (χ0) is 25.6. The van der Waals surface area contributed by atoms with Crippen molar-refractivity contribution in [3.63, 3.8) is 0 Å². The molecule has 10 heteroatoms. The van der Waals surface area contributed by atoms with Crippen molar-refractivity contribution in [2.45, 2.75) is 24.8 Å². The van der Waals surface area contributed by atoms with Gasteiger partial charge in [0.15, 0.2) is 11.5 Å². The Balaban J connectivity index is 1.50. The SMILES string of the molecule is Cc1cccc(C)c1-c1cc2nc(n1)NS(=O)(=O)c1cccc(c1)NCC(c1ccc3c(c1)OCO3)O2. The van der Waals surface area contributed by atoms with Crippen LogP contribution < -0.4 is 24.2 Å². The lowest BCUT2D eigenvalue weighted by atomic mass is 10.00. The molecular formula is C27H24N4O5S. The molecule has 0 saturated carbocycles. The molecule has 4 bridgehead atoms. The van der Waals surface area contributed by atoms with Gasteiger partial charge in [-0.2, -0.15) is 4.98 Å². The molecule has 9 nitrogen and oxygen atoms in total. The number of nitrogens with one attached hydrogen (secondary N) is 2. The third-order valence-corrected chi connectivity index (χ3v) is 7.66. The van der Waals surface area contributed by atoms with E-state index in [4.69, 9.17) is 14.2 Å². The molecule has 2 aliphatic heterocycles. The fraction of sp³-hybridized carbons (Fsp3) is 0.185. The molecule has 0 fully saturated rings. The molecule has 0 aliphatic carbocycles. The summed E-state index contributed by atoms with van der Waals surface area (Å²) < 4.78 is 46.3. The normalized spacial score (nSPS) is 17.4. The van der Waals surface area contributed by atoms with Crippen molar-refractivity contribution in [3.8, 4) is 28.6 Å². The van der Waals surface area contributed by atoms with Crippen LogP contribution in [0.2, 0.25) is 0 Å². The Hall–Kier alpha value is -4.31. The largest absolute Gasteiger partial charge is 0.467 e. The summed E-state index contributed by atoms with van der Waals surface area (Å²) in [6.45, 7) is 4.48. The molecule has 0 spiro atoms. The van der Waals surface area contributed by atoms with Crippen molar-refractivity contribution < 1.29 is 22.6 Å². The van der Waals surface area contributed by atoms with Gasteiger partial charge in [0.1, 0.15) is 6.10 Å². The van der Waals surface area contributed by atoms with Crippen LogP contribution in [-0.2, 0) is 10.0 Å². The minimum Gasteiger partial charge on any atom is -0.467 e. The number of hydrogen-bond acceptors (Lipinski definition) is 8. The summed E-state index contributed by atoms with van der Waals surface area (Å²) in [5.74, 6) is 1.48. The highest BCUT2D eigenvalue weighted by Crippen LogP contribution is 2.36. The highest BCUT2D eigenvalue weighted by molar-refractivity contribution is 7.92. The number of hydrogen-bond donors (Lipinski definition) is 2. The highest BCUT2D eigenvalue weighted by atomic mass is 32.2. The fourth-order valence-electron chi connectivity index (χ4n) is 4.53. The Kier molecular flexibility index (Phi) is 5.60. The van der Waals surface area contributed by atoms with E-state index in [-0.39, 0.29) is 23.5 Å². The van der Waals surface area contributed by atoms with Gasteiger partial charge in [0.2, 0.25) is 18.6 Å². The molecule has 1 unspecified atom stereocenters. The number of sulfonamides is 1. The minimum atomic E-state index is -3.94. The Morgan fingerprint density at radius 1 is 0.892 bits per heavy atom. The van der Waals surface area contributed by atoms with Gasteiger partial charge in [-0.3, -0.25) is 0 Å². The van der Waals surface area contributed by atoms with E-state index in [9.17, 15) is 8.42 Å². The van der Waals surface area contributed by atoms with E-state index >= 15 is 0 Å². The van der Waals surface area contributed by atoms with Crippen molar-refractivity contribution in [2.24, 2.45) is 0 Å². The molecule has 37 heavy (non-hydrogen) atoms. The summed E-state index contributed by atoms with van der Waals surface area (Å²) in [7, 11) is -3.94. The van der Waals surface area contributed by atoms with E-state index in [2.05, 4.69) is 20.0 Å². The number of aromatic nitrogens is 2. The molecule has 3 heterocycles. The topological polar surface area (TPSA) is 112 Å². The standard InChI is InChI=1S/C27H24N4O5S/c1-16-5-3-6-17(2)26(16)21-13-25-30-27(29-21)31-37(32,33)20-8-4-7-19(12-20)28-14-24(36-25)18-9-10-22-23(11-18)35-15-34-22/h3-13,24,28H,14-15H2,1-2H3,(H,29,30,31). The van der Waals surface area contributed by atoms with E-state index in [0.717, 1.165) is 22.3 Å². The van der Waals surface area contributed by atoms with Crippen molar-refractivity contribution in [1.82, 2.24) is 9.97 Å². The lowest BCUT2D eigenvalue weighted by molar-refractivity contribution is 0.173. The average molecular weight is 517 g/mol. The first-order valence-electron chi connectivity index (χ1n) is 11.7. The summed E-state index contributed by atoms with van der Waals surface area (Å²) in [6, 6.07) is 19.9. The van der Waals surface area contributed by atoms with Gasteiger partial charge >= 0.3 is 0 Å². The molecule has 1 aromatic heterocycles. The van der Waals surface area contributed by atoms with E-state index in [1.54, 1.807) is 24.3 Å². The van der Waals surface area contributed by atoms with Crippen molar-refractivity contribution in [1.29, 1.82) is 0 Å². The number of fused-ring (bicyclic) bond motifs is 5. The maximum atomic E-state index is 13.2. The molecule has 0 radical (unpaired) electrons. The maximum absolute atomic E-state index is 13.2. The first-order valence-corrected chi connectivity index (χ1v) is 13.2. The van der Waals surface area contributed by atoms with Crippen LogP contribution in [-0.4, -0.2) is 31.7 Å². The van der Waals surface area contributed by atoms with Crippen LogP contribution in [0.25, 0.3) is 11.3 Å². The van der Waals surface area contributed by atoms with E-state index in [0.29, 0.717) is 29.4 Å². The first-order chi connectivity index (χ1) is 17.9. The van der Waals surface area contributed by atoms with Crippen LogP contribution in [0.3, 0.4) is 0 Å². The lowest BCUT2D eigenvalue weighted by Gasteiger charge is -2.22. The summed E-state index contributed by atoms with van der Waals surface area (Å²) in [5.41, 5.74) is 4.93. The Labute approximate surface area is 214 Å². The van der Waals surface area contributed by atoms with Crippen LogP contribution in [0.5, 0.6) is 17.4 Å². The number of benzene rings is 3. The Morgan fingerprint density at radius 2 is 1.68 bits per heavy atom. The van der Waals surface area contributed by atoms with Gasteiger partial charge in [0.05, 0.1) is 17.1 Å². The van der Waals surface area contributed by atoms with Crippen LogP contribution in [0.4, 0.5) is 11.6 Å². The molecule has 1 atom stereocenters. The number of anilines is 2. The zero-order valence-corrected chi connectivity index (χ0v) is 21.0. The van der Waals surface area contributed by atoms with Gasteiger partial charge in [-0.05, 0) is 60.9 Å². The first kappa shape index (κ1) is 23.1. The summed E-state index contributed by atoms with van der Waals surface area (Å²) in [4.78, 5) is 9.10. The average Bonchev–Trinajstić information content (AvgIpc) is 3.34. The Morgan fingerprint density at radius 3 is 2.51 bits per heavy atom. The van der Waals surface area contributed by atoms with Crippen molar-refractivity contribution in [3.05, 3.63) is 83.4 Å². The molecular weight excluding hydrogens is 492 g/mol. The summed E-state index contributed by atoms with van der Waals surface area (Å²) >= 11 is 0. The zero-order valence-electron chi connectivity index (χ0n) is 20.2. The molecule has 4 aromatic rings. The molecule has 188 valence electrons. The highest BCUT2D eigenvalue weighted by Gasteiger charge is 2.24. The van der Waals surface area contributed by atoms with Crippen LogP contribution in [0.1, 0.15) is 22.8 Å². The molecule has 0 amide bonds. The van der Waals surface area contributed by atoms with Crippen LogP contribution in [0, 0.1) is 13.8 Å². The Bertz CT molecular complexity index is 1600. The van der Waals surface area contributed by atoms with Gasteiger partial charge in [-0.1, -0.05) is 30.3 Å². The van der Waals surface area contributed by atoms with E-state index < -0.39 is 16.1 Å². The fourth-order valence-corrected chi connectivity index (χ4v) is 5.52. The second-order valence-corrected chi connectivity index (χ2v) is 10.6. The lowest BCUT2D eigenvalue weighted by Crippen LogP contribution is -2.21. The number of aryl methyl sites for hydroxylation is 2. The van der Waals surface area contributed by atoms with E-state index in [1.807, 2.05) is 50.2 Å². The third kappa shape index (κ3) is 4.51. The van der Waals surface area contributed by atoms with E-state index in [1.165, 1.54) is 6.07 Å². The van der Waals surface area contributed by atoms with Gasteiger partial charge in [-0.15, -0.1) is 0 Å². The van der Waals surface area contributed by atoms with Gasteiger partial charge in [-0.25, -0.2) is 18.1 Å². The molecule has 3 aromatic carbocycles. The number of ether oxygens (including phenoxy) is 3. The molecule has 2 N–H and O–H groups in total. The maximum Gasteiger partial charge on any atom is 0.264 e. The second-order valence-electron chi connectivity index (χ2n) is 8.92.